The Balaban J connectivity index is 0.00000128. The molecule has 0 saturated carbocycles. The van der Waals surface area contributed by atoms with Gasteiger partial charge in [0.05, 0.1) is 5.52 Å². The molecule has 88 valence electrons. The lowest BCUT2D eigenvalue weighted by Crippen LogP contribution is -2.21. The number of H-pyrrole nitrogens is 1. The molecule has 0 fully saturated rings. The molecule has 3 nitrogen and oxygen atoms in total. The van der Waals surface area contributed by atoms with Gasteiger partial charge in [0.2, 0.25) is 0 Å². The van der Waals surface area contributed by atoms with Crippen molar-refractivity contribution < 1.29 is 0 Å². The van der Waals surface area contributed by atoms with E-state index in [0.717, 1.165) is 33.9 Å². The molecule has 0 saturated heterocycles. The predicted molar refractivity (Wildman–Crippen MR) is 73.0 cm³/mol. The van der Waals surface area contributed by atoms with Crippen molar-refractivity contribution in [1.29, 1.82) is 0 Å². The van der Waals surface area contributed by atoms with Gasteiger partial charge in [-0.25, -0.2) is 0 Å². The van der Waals surface area contributed by atoms with Crippen molar-refractivity contribution in [2.24, 2.45) is 5.73 Å². The Labute approximate surface area is 109 Å². The molecule has 5 heteroatoms. The zero-order chi connectivity index (χ0) is 10.8. The highest BCUT2D eigenvalue weighted by Crippen LogP contribution is 2.21. The van der Waals surface area contributed by atoms with E-state index in [9.17, 15) is 0 Å². The van der Waals surface area contributed by atoms with E-state index in [4.69, 9.17) is 5.73 Å². The first kappa shape index (κ1) is 13.5. The maximum absolute atomic E-state index is 5.93. The van der Waals surface area contributed by atoms with Gasteiger partial charge in [0.1, 0.15) is 0 Å². The van der Waals surface area contributed by atoms with Crippen LogP contribution in [0.3, 0.4) is 0 Å². The minimum atomic E-state index is 0. The summed E-state index contributed by atoms with van der Waals surface area (Å²) in [6.07, 6.45) is 1.83. The number of aromatic amines is 1. The summed E-state index contributed by atoms with van der Waals surface area (Å²) in [5, 5.41) is 8.46. The highest BCUT2D eigenvalue weighted by atomic mass is 79.9. The number of aromatic nitrogens is 2. The Morgan fingerprint density at radius 1 is 1.50 bits per heavy atom. The quantitative estimate of drug-likeness (QED) is 0.916. The highest BCUT2D eigenvalue weighted by molar-refractivity contribution is 9.10. The molecule has 0 bridgehead atoms. The molecule has 3 N–H and O–H groups in total. The van der Waals surface area contributed by atoms with E-state index >= 15 is 0 Å². The third-order valence-corrected chi connectivity index (χ3v) is 3.08. The Hall–Kier alpha value is -0.580. The molecule has 0 aliphatic carbocycles. The SMILES string of the molecule is CCC(N)Cc1[nH]nc2ccc(Br)cc12.Cl. The minimum absolute atomic E-state index is 0. The minimum Gasteiger partial charge on any atom is -0.327 e. The Morgan fingerprint density at radius 2 is 2.25 bits per heavy atom. The van der Waals surface area contributed by atoms with Gasteiger partial charge < -0.3 is 5.73 Å². The van der Waals surface area contributed by atoms with E-state index in [1.807, 2.05) is 12.1 Å². The van der Waals surface area contributed by atoms with Gasteiger partial charge in [-0.05, 0) is 24.6 Å². The molecule has 0 aliphatic heterocycles. The molecule has 0 aliphatic rings. The Morgan fingerprint density at radius 3 is 2.94 bits per heavy atom. The summed E-state index contributed by atoms with van der Waals surface area (Å²) < 4.78 is 1.07. The van der Waals surface area contributed by atoms with E-state index < -0.39 is 0 Å². The van der Waals surface area contributed by atoms with Crippen LogP contribution in [-0.4, -0.2) is 16.2 Å². The average molecular weight is 305 g/mol. The molecule has 1 unspecified atom stereocenters. The van der Waals surface area contributed by atoms with Crippen LogP contribution in [-0.2, 0) is 6.42 Å². The third kappa shape index (κ3) is 2.75. The normalized spacial score (nSPS) is 12.4. The maximum atomic E-state index is 5.93. The van der Waals surface area contributed by atoms with E-state index in [2.05, 4.69) is 39.1 Å². The highest BCUT2D eigenvalue weighted by Gasteiger charge is 2.08. The van der Waals surface area contributed by atoms with Crippen LogP contribution < -0.4 is 5.73 Å². The van der Waals surface area contributed by atoms with Crippen molar-refractivity contribution in [2.45, 2.75) is 25.8 Å². The zero-order valence-electron chi connectivity index (χ0n) is 9.03. The first-order chi connectivity index (χ1) is 7.20. The number of halogens is 2. The second-order valence-electron chi connectivity index (χ2n) is 3.74. The van der Waals surface area contributed by atoms with Gasteiger partial charge in [0.25, 0.3) is 0 Å². The van der Waals surface area contributed by atoms with Gasteiger partial charge in [-0.3, -0.25) is 5.10 Å². The van der Waals surface area contributed by atoms with Crippen LogP contribution in [0, 0.1) is 0 Å². The van der Waals surface area contributed by atoms with Gasteiger partial charge in [0, 0.05) is 28.0 Å². The van der Waals surface area contributed by atoms with Gasteiger partial charge >= 0.3 is 0 Å². The van der Waals surface area contributed by atoms with Crippen molar-refractivity contribution in [2.75, 3.05) is 0 Å². The molecule has 1 aromatic carbocycles. The standard InChI is InChI=1S/C11H14BrN3.ClH/c1-2-8(13)6-11-9-5-7(12)3-4-10(9)14-15-11;/h3-5,8H,2,6,13H2,1H3,(H,14,15);1H. The fourth-order valence-electron chi connectivity index (χ4n) is 1.60. The summed E-state index contributed by atoms with van der Waals surface area (Å²) in [5.41, 5.74) is 8.06. The summed E-state index contributed by atoms with van der Waals surface area (Å²) in [5.74, 6) is 0. The fraction of sp³-hybridized carbons (Fsp3) is 0.364. The molecule has 2 rings (SSSR count). The second kappa shape index (κ2) is 5.66. The molecule has 0 amide bonds. The summed E-state index contributed by atoms with van der Waals surface area (Å²) in [6.45, 7) is 2.10. The topological polar surface area (TPSA) is 54.7 Å². The smallest absolute Gasteiger partial charge is 0.0924 e. The van der Waals surface area contributed by atoms with Crippen LogP contribution in [0.4, 0.5) is 0 Å². The van der Waals surface area contributed by atoms with Gasteiger partial charge in [0.15, 0.2) is 0 Å². The summed E-state index contributed by atoms with van der Waals surface area (Å²) >= 11 is 3.46. The largest absolute Gasteiger partial charge is 0.327 e. The molecule has 16 heavy (non-hydrogen) atoms. The van der Waals surface area contributed by atoms with Crippen molar-refractivity contribution >= 4 is 39.2 Å². The van der Waals surface area contributed by atoms with Crippen molar-refractivity contribution in [1.82, 2.24) is 10.2 Å². The Kier molecular flexibility index (Phi) is 4.77. The first-order valence-electron chi connectivity index (χ1n) is 5.08. The molecule has 0 spiro atoms. The van der Waals surface area contributed by atoms with Crippen molar-refractivity contribution in [3.8, 4) is 0 Å². The lowest BCUT2D eigenvalue weighted by atomic mass is 10.1. The maximum Gasteiger partial charge on any atom is 0.0924 e. The van der Waals surface area contributed by atoms with Gasteiger partial charge in [-0.2, -0.15) is 5.10 Å². The molecule has 2 aromatic rings. The number of nitrogens with zero attached hydrogens (tertiary/aromatic N) is 1. The third-order valence-electron chi connectivity index (χ3n) is 2.59. The summed E-state index contributed by atoms with van der Waals surface area (Å²) in [6, 6.07) is 6.27. The van der Waals surface area contributed by atoms with Crippen LogP contribution in [0.2, 0.25) is 0 Å². The number of rotatable bonds is 3. The van der Waals surface area contributed by atoms with Crippen molar-refractivity contribution in [3.63, 3.8) is 0 Å². The number of nitrogens with one attached hydrogen (secondary N) is 1. The number of hydrogen-bond donors (Lipinski definition) is 2. The van der Waals surface area contributed by atoms with E-state index in [1.54, 1.807) is 0 Å². The number of benzene rings is 1. The van der Waals surface area contributed by atoms with Crippen LogP contribution in [0.5, 0.6) is 0 Å². The lowest BCUT2D eigenvalue weighted by molar-refractivity contribution is 0.637. The molecular weight excluding hydrogens is 289 g/mol. The average Bonchev–Trinajstić information content (AvgIpc) is 2.61. The second-order valence-corrected chi connectivity index (χ2v) is 4.65. The van der Waals surface area contributed by atoms with E-state index in [0.29, 0.717) is 0 Å². The zero-order valence-corrected chi connectivity index (χ0v) is 11.4. The molecule has 1 heterocycles. The van der Waals surface area contributed by atoms with Crippen LogP contribution in [0.25, 0.3) is 10.9 Å². The van der Waals surface area contributed by atoms with Crippen LogP contribution >= 0.6 is 28.3 Å². The molecule has 1 aromatic heterocycles. The monoisotopic (exact) mass is 303 g/mol. The predicted octanol–water partition coefficient (Wildman–Crippen LogP) is 3.03. The Bertz CT molecular complexity index is 469. The van der Waals surface area contributed by atoms with Crippen molar-refractivity contribution in [3.05, 3.63) is 28.4 Å². The summed E-state index contributed by atoms with van der Waals surface area (Å²) in [7, 11) is 0. The lowest BCUT2D eigenvalue weighted by Gasteiger charge is -2.06. The van der Waals surface area contributed by atoms with E-state index in [1.165, 1.54) is 0 Å². The molecular formula is C11H15BrClN3. The van der Waals surface area contributed by atoms with E-state index in [-0.39, 0.29) is 18.4 Å². The van der Waals surface area contributed by atoms with Crippen LogP contribution in [0.1, 0.15) is 19.0 Å². The van der Waals surface area contributed by atoms with Gasteiger partial charge in [-0.15, -0.1) is 12.4 Å². The number of hydrogen-bond acceptors (Lipinski definition) is 2. The number of nitrogens with two attached hydrogens (primary N) is 1. The summed E-state index contributed by atoms with van der Waals surface area (Å²) in [4.78, 5) is 0. The molecule has 1 atom stereocenters. The number of fused-ring (bicyclic) bond motifs is 1. The fourth-order valence-corrected chi connectivity index (χ4v) is 1.96. The van der Waals surface area contributed by atoms with Crippen LogP contribution in [0.15, 0.2) is 22.7 Å². The first-order valence-corrected chi connectivity index (χ1v) is 5.88. The van der Waals surface area contributed by atoms with Gasteiger partial charge in [-0.1, -0.05) is 22.9 Å². The molecule has 0 radical (unpaired) electrons.